The molecule has 0 spiro atoms. The van der Waals surface area contributed by atoms with Gasteiger partial charge in [0, 0.05) is 5.75 Å². The number of amides is 1. The van der Waals surface area contributed by atoms with Crippen molar-refractivity contribution in [2.75, 3.05) is 11.5 Å². The molecule has 0 aromatic heterocycles. The Balaban J connectivity index is 4.47. The molecule has 0 saturated carbocycles. The Morgan fingerprint density at radius 3 is 2.13 bits per heavy atom. The van der Waals surface area contributed by atoms with Crippen LogP contribution in [0.15, 0.2) is 0 Å². The lowest BCUT2D eigenvalue weighted by molar-refractivity contribution is -0.145. The Hall–Kier alpha value is -1.11. The van der Waals surface area contributed by atoms with Crippen LogP contribution in [-0.2, 0) is 19.4 Å². The standard InChI is InChI=1S/C8H15NO5S/c1-4-15(13,14)5-6(10)9-8(2,3)7(11)12/h4-5H2,1-3H3,(H,9,10)(H,11,12). The second-order valence-corrected chi connectivity index (χ2v) is 6.01. The van der Waals surface area contributed by atoms with Crippen LogP contribution in [-0.4, -0.2) is 42.4 Å². The van der Waals surface area contributed by atoms with Crippen LogP contribution in [0.1, 0.15) is 20.8 Å². The highest BCUT2D eigenvalue weighted by molar-refractivity contribution is 7.92. The van der Waals surface area contributed by atoms with Gasteiger partial charge in [0.25, 0.3) is 0 Å². The quantitative estimate of drug-likeness (QED) is 0.665. The third-order valence-electron chi connectivity index (χ3n) is 1.78. The highest BCUT2D eigenvalue weighted by atomic mass is 32.2. The fraction of sp³-hybridized carbons (Fsp3) is 0.750. The fourth-order valence-corrected chi connectivity index (χ4v) is 1.42. The smallest absolute Gasteiger partial charge is 0.328 e. The average molecular weight is 237 g/mol. The zero-order chi connectivity index (χ0) is 12.3. The average Bonchev–Trinajstić information content (AvgIpc) is 2.01. The molecule has 0 atom stereocenters. The van der Waals surface area contributed by atoms with E-state index in [9.17, 15) is 18.0 Å². The lowest BCUT2D eigenvalue weighted by Gasteiger charge is -2.20. The summed E-state index contributed by atoms with van der Waals surface area (Å²) in [6, 6.07) is 0. The minimum atomic E-state index is -3.42. The Labute approximate surface area is 88.6 Å². The van der Waals surface area contributed by atoms with Crippen molar-refractivity contribution in [1.29, 1.82) is 0 Å². The van der Waals surface area contributed by atoms with Crippen molar-refractivity contribution < 1.29 is 23.1 Å². The van der Waals surface area contributed by atoms with E-state index in [1.54, 1.807) is 0 Å². The van der Waals surface area contributed by atoms with Gasteiger partial charge in [-0.25, -0.2) is 13.2 Å². The van der Waals surface area contributed by atoms with Gasteiger partial charge in [-0.3, -0.25) is 4.79 Å². The van der Waals surface area contributed by atoms with E-state index in [-0.39, 0.29) is 5.75 Å². The first-order valence-electron chi connectivity index (χ1n) is 4.35. The summed E-state index contributed by atoms with van der Waals surface area (Å²) >= 11 is 0. The van der Waals surface area contributed by atoms with E-state index in [1.165, 1.54) is 20.8 Å². The van der Waals surface area contributed by atoms with Crippen molar-refractivity contribution in [1.82, 2.24) is 5.32 Å². The van der Waals surface area contributed by atoms with Crippen molar-refractivity contribution >= 4 is 21.7 Å². The summed E-state index contributed by atoms with van der Waals surface area (Å²) in [7, 11) is -3.42. The number of rotatable bonds is 5. The summed E-state index contributed by atoms with van der Waals surface area (Å²) in [6.07, 6.45) is 0. The SMILES string of the molecule is CCS(=O)(=O)CC(=O)NC(C)(C)C(=O)O. The van der Waals surface area contributed by atoms with Crippen LogP contribution in [0.3, 0.4) is 0 Å². The lowest BCUT2D eigenvalue weighted by Crippen LogP contribution is -2.51. The van der Waals surface area contributed by atoms with Gasteiger partial charge in [0.05, 0.1) is 0 Å². The number of aliphatic carboxylic acids is 1. The minimum absolute atomic E-state index is 0.145. The zero-order valence-corrected chi connectivity index (χ0v) is 9.72. The van der Waals surface area contributed by atoms with E-state index < -0.39 is 33.0 Å². The number of carboxylic acids is 1. The molecule has 6 nitrogen and oxygen atoms in total. The lowest BCUT2D eigenvalue weighted by atomic mass is 10.1. The van der Waals surface area contributed by atoms with Crippen molar-refractivity contribution in [3.8, 4) is 0 Å². The Kier molecular flexibility index (Phi) is 4.27. The molecule has 0 heterocycles. The van der Waals surface area contributed by atoms with Crippen LogP contribution in [0.4, 0.5) is 0 Å². The van der Waals surface area contributed by atoms with E-state index in [0.29, 0.717) is 0 Å². The molecule has 0 aliphatic rings. The van der Waals surface area contributed by atoms with Gasteiger partial charge >= 0.3 is 5.97 Å². The molecule has 7 heteroatoms. The van der Waals surface area contributed by atoms with Gasteiger partial charge < -0.3 is 10.4 Å². The first-order chi connectivity index (χ1) is 6.60. The van der Waals surface area contributed by atoms with E-state index in [0.717, 1.165) is 0 Å². The Morgan fingerprint density at radius 1 is 1.33 bits per heavy atom. The number of carbonyl (C=O) groups is 2. The predicted octanol–water partition coefficient (Wildman–Crippen LogP) is -0.599. The van der Waals surface area contributed by atoms with Gasteiger partial charge in [0.15, 0.2) is 9.84 Å². The Bertz CT molecular complexity index is 357. The van der Waals surface area contributed by atoms with Crippen LogP contribution in [0.25, 0.3) is 0 Å². The molecule has 15 heavy (non-hydrogen) atoms. The normalized spacial score (nSPS) is 12.2. The molecular weight excluding hydrogens is 222 g/mol. The van der Waals surface area contributed by atoms with E-state index in [4.69, 9.17) is 5.11 Å². The minimum Gasteiger partial charge on any atom is -0.480 e. The summed E-state index contributed by atoms with van der Waals surface area (Å²) in [4.78, 5) is 21.8. The topological polar surface area (TPSA) is 101 Å². The molecule has 0 saturated heterocycles. The molecule has 0 bridgehead atoms. The van der Waals surface area contributed by atoms with Crippen LogP contribution >= 0.6 is 0 Å². The monoisotopic (exact) mass is 237 g/mol. The molecule has 2 N–H and O–H groups in total. The summed E-state index contributed by atoms with van der Waals surface area (Å²) in [5.41, 5.74) is -1.46. The predicted molar refractivity (Wildman–Crippen MR) is 54.2 cm³/mol. The van der Waals surface area contributed by atoms with Crippen molar-refractivity contribution in [2.24, 2.45) is 0 Å². The third-order valence-corrected chi connectivity index (χ3v) is 3.36. The summed E-state index contributed by atoms with van der Waals surface area (Å²) < 4.78 is 22.1. The van der Waals surface area contributed by atoms with Crippen molar-refractivity contribution in [3.63, 3.8) is 0 Å². The van der Waals surface area contributed by atoms with E-state index >= 15 is 0 Å². The largest absolute Gasteiger partial charge is 0.480 e. The van der Waals surface area contributed by atoms with Crippen molar-refractivity contribution in [3.05, 3.63) is 0 Å². The van der Waals surface area contributed by atoms with E-state index in [1.807, 2.05) is 0 Å². The highest BCUT2D eigenvalue weighted by Crippen LogP contribution is 2.02. The van der Waals surface area contributed by atoms with Gasteiger partial charge in [-0.05, 0) is 13.8 Å². The second-order valence-electron chi connectivity index (χ2n) is 3.65. The Morgan fingerprint density at radius 2 is 1.80 bits per heavy atom. The van der Waals surface area contributed by atoms with Crippen LogP contribution in [0.5, 0.6) is 0 Å². The molecular formula is C8H15NO5S. The number of hydrogen-bond donors (Lipinski definition) is 2. The summed E-state index contributed by atoms with van der Waals surface area (Å²) in [6.45, 7) is 3.99. The first kappa shape index (κ1) is 13.9. The number of carbonyl (C=O) groups excluding carboxylic acids is 1. The molecule has 0 aliphatic heterocycles. The van der Waals surface area contributed by atoms with Crippen molar-refractivity contribution in [2.45, 2.75) is 26.3 Å². The number of nitrogens with one attached hydrogen (secondary N) is 1. The molecule has 0 aromatic rings. The molecule has 0 rings (SSSR count). The maximum Gasteiger partial charge on any atom is 0.328 e. The summed E-state index contributed by atoms with van der Waals surface area (Å²) in [5, 5.41) is 10.8. The number of carboxylic acid groups (broad SMARTS) is 1. The van der Waals surface area contributed by atoms with Gasteiger partial charge in [0.2, 0.25) is 5.91 Å². The van der Waals surface area contributed by atoms with Gasteiger partial charge in [-0.15, -0.1) is 0 Å². The van der Waals surface area contributed by atoms with Crippen LogP contribution in [0, 0.1) is 0 Å². The van der Waals surface area contributed by atoms with Gasteiger partial charge in [0.1, 0.15) is 11.3 Å². The first-order valence-corrected chi connectivity index (χ1v) is 6.17. The van der Waals surface area contributed by atoms with Gasteiger partial charge in [-0.2, -0.15) is 0 Å². The molecule has 0 aliphatic carbocycles. The third kappa shape index (κ3) is 4.78. The maximum atomic E-state index is 11.2. The molecule has 0 aromatic carbocycles. The molecule has 1 amide bonds. The molecule has 0 fully saturated rings. The summed E-state index contributed by atoms with van der Waals surface area (Å²) in [5.74, 6) is -2.84. The number of hydrogen-bond acceptors (Lipinski definition) is 4. The van der Waals surface area contributed by atoms with Crippen LogP contribution in [0.2, 0.25) is 0 Å². The van der Waals surface area contributed by atoms with Gasteiger partial charge in [-0.1, -0.05) is 6.92 Å². The van der Waals surface area contributed by atoms with Crippen LogP contribution < -0.4 is 5.32 Å². The zero-order valence-electron chi connectivity index (χ0n) is 8.90. The van der Waals surface area contributed by atoms with E-state index in [2.05, 4.69) is 5.32 Å². The molecule has 88 valence electrons. The maximum absolute atomic E-state index is 11.2. The second kappa shape index (κ2) is 4.61. The highest BCUT2D eigenvalue weighted by Gasteiger charge is 2.30. The molecule has 0 radical (unpaired) electrons. The number of sulfone groups is 1. The molecule has 0 unspecified atom stereocenters. The fourth-order valence-electron chi connectivity index (χ4n) is 0.740.